The summed E-state index contributed by atoms with van der Waals surface area (Å²) in [6.07, 6.45) is 2.72. The minimum absolute atomic E-state index is 0.236. The second-order valence-electron chi connectivity index (χ2n) is 4.90. The monoisotopic (exact) mass is 298 g/mol. The van der Waals surface area contributed by atoms with Gasteiger partial charge >= 0.3 is 0 Å². The molecule has 2 unspecified atom stereocenters. The van der Waals surface area contributed by atoms with Gasteiger partial charge in [-0.25, -0.2) is 0 Å². The van der Waals surface area contributed by atoms with Crippen LogP contribution in [0.3, 0.4) is 0 Å². The summed E-state index contributed by atoms with van der Waals surface area (Å²) >= 11 is 3.79. The first-order chi connectivity index (χ1) is 8.04. The Bertz CT molecular complexity index is 318. The largest absolute Gasteiger partial charge is 0.491 e. The van der Waals surface area contributed by atoms with E-state index in [1.165, 1.54) is 18.4 Å². The van der Waals surface area contributed by atoms with E-state index in [1.54, 1.807) is 0 Å². The molecule has 0 aliphatic carbocycles. The molecular formula is C15H23BrO. The average Bonchev–Trinajstić information content (AvgIpc) is 2.28. The van der Waals surface area contributed by atoms with Crippen LogP contribution in [-0.4, -0.2) is 6.10 Å². The number of alkyl halides is 1. The zero-order valence-corrected chi connectivity index (χ0v) is 12.8. The van der Waals surface area contributed by atoms with Crippen molar-refractivity contribution < 1.29 is 4.74 Å². The van der Waals surface area contributed by atoms with Gasteiger partial charge < -0.3 is 4.74 Å². The fourth-order valence-corrected chi connectivity index (χ4v) is 2.50. The SMILES string of the molecule is CCCC(C)C(Br)c1ccc(OC(C)C)cc1. The van der Waals surface area contributed by atoms with Crippen LogP contribution in [0.1, 0.15) is 50.9 Å². The first-order valence-corrected chi connectivity index (χ1v) is 7.36. The molecule has 2 atom stereocenters. The third-order valence-corrected chi connectivity index (χ3v) is 4.25. The van der Waals surface area contributed by atoms with Crippen molar-refractivity contribution >= 4 is 15.9 Å². The molecule has 1 rings (SSSR count). The molecule has 0 fully saturated rings. The van der Waals surface area contributed by atoms with Gasteiger partial charge in [0.05, 0.1) is 6.10 Å². The van der Waals surface area contributed by atoms with Gasteiger partial charge in [-0.05, 0) is 43.9 Å². The highest BCUT2D eigenvalue weighted by molar-refractivity contribution is 9.09. The molecule has 17 heavy (non-hydrogen) atoms. The zero-order valence-electron chi connectivity index (χ0n) is 11.2. The van der Waals surface area contributed by atoms with Gasteiger partial charge in [0.2, 0.25) is 0 Å². The zero-order chi connectivity index (χ0) is 12.8. The van der Waals surface area contributed by atoms with Gasteiger partial charge in [-0.2, -0.15) is 0 Å². The molecule has 0 heterocycles. The van der Waals surface area contributed by atoms with Gasteiger partial charge in [0.25, 0.3) is 0 Å². The van der Waals surface area contributed by atoms with Crippen molar-refractivity contribution in [1.82, 2.24) is 0 Å². The lowest BCUT2D eigenvalue weighted by molar-refractivity contribution is 0.242. The molecule has 0 bridgehead atoms. The highest BCUT2D eigenvalue weighted by atomic mass is 79.9. The van der Waals surface area contributed by atoms with Gasteiger partial charge in [-0.3, -0.25) is 0 Å². The molecule has 0 aromatic heterocycles. The van der Waals surface area contributed by atoms with Gasteiger partial charge in [-0.1, -0.05) is 48.3 Å². The maximum absolute atomic E-state index is 5.64. The van der Waals surface area contributed by atoms with E-state index in [2.05, 4.69) is 54.0 Å². The third-order valence-electron chi connectivity index (χ3n) is 2.81. The molecule has 0 spiro atoms. The van der Waals surface area contributed by atoms with Crippen LogP contribution in [0.2, 0.25) is 0 Å². The van der Waals surface area contributed by atoms with Crippen molar-refractivity contribution in [1.29, 1.82) is 0 Å². The third kappa shape index (κ3) is 4.71. The standard InChI is InChI=1S/C15H23BrO/c1-5-6-12(4)15(16)13-7-9-14(10-8-13)17-11(2)3/h7-12,15H,5-6H2,1-4H3. The topological polar surface area (TPSA) is 9.23 Å². The van der Waals surface area contributed by atoms with Crippen molar-refractivity contribution in [3.8, 4) is 5.75 Å². The molecule has 0 aliphatic heterocycles. The van der Waals surface area contributed by atoms with Gasteiger partial charge in [0.15, 0.2) is 0 Å². The Morgan fingerprint density at radius 2 is 1.71 bits per heavy atom. The van der Waals surface area contributed by atoms with Crippen LogP contribution < -0.4 is 4.74 Å². The Morgan fingerprint density at radius 3 is 2.18 bits per heavy atom. The van der Waals surface area contributed by atoms with Crippen LogP contribution in [0.25, 0.3) is 0 Å². The molecule has 1 aromatic rings. The molecular weight excluding hydrogens is 276 g/mol. The lowest BCUT2D eigenvalue weighted by Crippen LogP contribution is -2.06. The minimum Gasteiger partial charge on any atom is -0.491 e. The predicted molar refractivity (Wildman–Crippen MR) is 77.9 cm³/mol. The quantitative estimate of drug-likeness (QED) is 0.644. The maximum Gasteiger partial charge on any atom is 0.119 e. The van der Waals surface area contributed by atoms with E-state index >= 15 is 0 Å². The van der Waals surface area contributed by atoms with Crippen LogP contribution in [-0.2, 0) is 0 Å². The van der Waals surface area contributed by atoms with E-state index in [0.717, 1.165) is 5.75 Å². The molecule has 1 nitrogen and oxygen atoms in total. The Labute approximate surface area is 114 Å². The van der Waals surface area contributed by atoms with E-state index in [1.807, 2.05) is 13.8 Å². The Morgan fingerprint density at radius 1 is 1.12 bits per heavy atom. The second-order valence-corrected chi connectivity index (χ2v) is 5.89. The predicted octanol–water partition coefficient (Wildman–Crippen LogP) is 5.35. The van der Waals surface area contributed by atoms with Crippen LogP contribution in [0, 0.1) is 5.92 Å². The minimum atomic E-state index is 0.236. The van der Waals surface area contributed by atoms with E-state index in [0.29, 0.717) is 10.7 Å². The normalized spacial score (nSPS) is 14.7. The van der Waals surface area contributed by atoms with Crippen molar-refractivity contribution in [2.24, 2.45) is 5.92 Å². The Hall–Kier alpha value is -0.500. The van der Waals surface area contributed by atoms with E-state index in [9.17, 15) is 0 Å². The summed E-state index contributed by atoms with van der Waals surface area (Å²) in [5.41, 5.74) is 1.34. The highest BCUT2D eigenvalue weighted by Crippen LogP contribution is 2.34. The fourth-order valence-electron chi connectivity index (χ4n) is 1.93. The summed E-state index contributed by atoms with van der Waals surface area (Å²) in [5.74, 6) is 1.61. The number of rotatable bonds is 6. The van der Waals surface area contributed by atoms with Crippen molar-refractivity contribution in [3.63, 3.8) is 0 Å². The van der Waals surface area contributed by atoms with Gasteiger partial charge in [0.1, 0.15) is 5.75 Å². The summed E-state index contributed by atoms with van der Waals surface area (Å²) in [7, 11) is 0. The van der Waals surface area contributed by atoms with Crippen LogP contribution in [0.5, 0.6) is 5.75 Å². The summed E-state index contributed by atoms with van der Waals surface area (Å²) in [6, 6.07) is 8.43. The van der Waals surface area contributed by atoms with Gasteiger partial charge in [0, 0.05) is 4.83 Å². The number of halogens is 1. The molecule has 2 heteroatoms. The molecule has 0 saturated carbocycles. The summed E-state index contributed by atoms with van der Waals surface area (Å²) in [5, 5.41) is 0. The first kappa shape index (κ1) is 14.6. The van der Waals surface area contributed by atoms with Crippen molar-refractivity contribution in [2.45, 2.75) is 51.5 Å². The smallest absolute Gasteiger partial charge is 0.119 e. The molecule has 0 amide bonds. The molecule has 0 radical (unpaired) electrons. The molecule has 1 aromatic carbocycles. The van der Waals surface area contributed by atoms with Crippen LogP contribution in [0.4, 0.5) is 0 Å². The Balaban J connectivity index is 2.66. The molecule has 96 valence electrons. The second kappa shape index (κ2) is 7.05. The lowest BCUT2D eigenvalue weighted by Gasteiger charge is -2.18. The van der Waals surface area contributed by atoms with Gasteiger partial charge in [-0.15, -0.1) is 0 Å². The number of benzene rings is 1. The van der Waals surface area contributed by atoms with E-state index in [4.69, 9.17) is 4.74 Å². The summed E-state index contributed by atoms with van der Waals surface area (Å²) in [6.45, 7) is 8.62. The van der Waals surface area contributed by atoms with Crippen LogP contribution in [0.15, 0.2) is 24.3 Å². The molecule has 0 saturated heterocycles. The summed E-state index contributed by atoms with van der Waals surface area (Å²) < 4.78 is 5.64. The number of hydrogen-bond donors (Lipinski definition) is 0. The van der Waals surface area contributed by atoms with E-state index in [-0.39, 0.29) is 6.10 Å². The molecule has 0 aliphatic rings. The number of hydrogen-bond acceptors (Lipinski definition) is 1. The summed E-state index contributed by atoms with van der Waals surface area (Å²) in [4.78, 5) is 0.440. The average molecular weight is 299 g/mol. The fraction of sp³-hybridized carbons (Fsp3) is 0.600. The van der Waals surface area contributed by atoms with Crippen LogP contribution >= 0.6 is 15.9 Å². The van der Waals surface area contributed by atoms with E-state index < -0.39 is 0 Å². The first-order valence-electron chi connectivity index (χ1n) is 6.45. The lowest BCUT2D eigenvalue weighted by atomic mass is 9.97. The molecule has 0 N–H and O–H groups in total. The number of ether oxygens (including phenoxy) is 1. The van der Waals surface area contributed by atoms with Crippen molar-refractivity contribution in [2.75, 3.05) is 0 Å². The Kier molecular flexibility index (Phi) is 6.04. The highest BCUT2D eigenvalue weighted by Gasteiger charge is 2.15. The maximum atomic E-state index is 5.64. The van der Waals surface area contributed by atoms with Crippen molar-refractivity contribution in [3.05, 3.63) is 29.8 Å².